The molecule has 122 valence electrons. The maximum absolute atomic E-state index is 13.2. The molecule has 0 aliphatic heterocycles. The van der Waals surface area contributed by atoms with Gasteiger partial charge in [-0.05, 0) is 49.4 Å². The van der Waals surface area contributed by atoms with E-state index in [-0.39, 0.29) is 5.82 Å². The summed E-state index contributed by atoms with van der Waals surface area (Å²) in [6.07, 6.45) is 1.44. The highest BCUT2D eigenvalue weighted by Crippen LogP contribution is 2.21. The first-order valence-electron chi connectivity index (χ1n) is 7.57. The average Bonchev–Trinajstić information content (AvgIpc) is 2.57. The van der Waals surface area contributed by atoms with Crippen LogP contribution < -0.4 is 15.4 Å². The molecule has 0 spiro atoms. The predicted octanol–water partition coefficient (Wildman–Crippen LogP) is 4.50. The highest BCUT2D eigenvalue weighted by Gasteiger charge is 2.02. The molecule has 0 saturated heterocycles. The zero-order valence-electron chi connectivity index (χ0n) is 13.2. The fraction of sp³-hybridized carbons (Fsp3) is 0.111. The fourth-order valence-electron chi connectivity index (χ4n) is 2.16. The molecule has 0 saturated carbocycles. The van der Waals surface area contributed by atoms with Crippen LogP contribution in [0.5, 0.6) is 5.75 Å². The minimum absolute atomic E-state index is 0.304. The molecule has 2 N–H and O–H groups in total. The highest BCUT2D eigenvalue weighted by molar-refractivity contribution is 5.63. The highest BCUT2D eigenvalue weighted by atomic mass is 19.1. The minimum atomic E-state index is -0.304. The van der Waals surface area contributed by atoms with Gasteiger partial charge >= 0.3 is 0 Å². The monoisotopic (exact) mass is 324 g/mol. The van der Waals surface area contributed by atoms with Gasteiger partial charge in [-0.25, -0.2) is 14.4 Å². The van der Waals surface area contributed by atoms with Crippen LogP contribution in [0.15, 0.2) is 60.9 Å². The van der Waals surface area contributed by atoms with Gasteiger partial charge in [-0.1, -0.05) is 6.07 Å². The molecule has 0 bridgehead atoms. The van der Waals surface area contributed by atoms with E-state index in [1.165, 1.54) is 18.5 Å². The van der Waals surface area contributed by atoms with Gasteiger partial charge in [0.15, 0.2) is 0 Å². The van der Waals surface area contributed by atoms with Gasteiger partial charge in [0.05, 0.1) is 6.61 Å². The zero-order valence-corrected chi connectivity index (χ0v) is 13.2. The third-order valence-corrected chi connectivity index (χ3v) is 3.20. The molecule has 0 radical (unpaired) electrons. The van der Waals surface area contributed by atoms with Crippen molar-refractivity contribution in [2.24, 2.45) is 0 Å². The van der Waals surface area contributed by atoms with Crippen molar-refractivity contribution in [2.45, 2.75) is 6.92 Å². The summed E-state index contributed by atoms with van der Waals surface area (Å²) in [5.74, 6) is 1.72. The first-order valence-corrected chi connectivity index (χ1v) is 7.57. The van der Waals surface area contributed by atoms with Crippen molar-refractivity contribution < 1.29 is 9.13 Å². The number of rotatable bonds is 6. The number of nitrogens with one attached hydrogen (secondary N) is 2. The van der Waals surface area contributed by atoms with Crippen LogP contribution in [0, 0.1) is 5.82 Å². The van der Waals surface area contributed by atoms with Crippen LogP contribution in [-0.4, -0.2) is 16.6 Å². The zero-order chi connectivity index (χ0) is 16.8. The summed E-state index contributed by atoms with van der Waals surface area (Å²) in [4.78, 5) is 8.32. The van der Waals surface area contributed by atoms with E-state index in [1.54, 1.807) is 18.2 Å². The Bertz CT molecular complexity index is 808. The Hall–Kier alpha value is -3.15. The van der Waals surface area contributed by atoms with Crippen molar-refractivity contribution in [1.29, 1.82) is 0 Å². The molecule has 5 nitrogen and oxygen atoms in total. The SMILES string of the molecule is CCOc1ccc(Nc2cc(Nc3cccc(F)c3)ncn2)cc1. The number of nitrogens with zero attached hydrogens (tertiary/aromatic N) is 2. The summed E-state index contributed by atoms with van der Waals surface area (Å²) < 4.78 is 18.6. The van der Waals surface area contributed by atoms with Crippen LogP contribution in [0.25, 0.3) is 0 Å². The van der Waals surface area contributed by atoms with E-state index in [4.69, 9.17) is 4.74 Å². The number of anilines is 4. The average molecular weight is 324 g/mol. The van der Waals surface area contributed by atoms with E-state index in [0.29, 0.717) is 23.9 Å². The van der Waals surface area contributed by atoms with Gasteiger partial charge < -0.3 is 15.4 Å². The predicted molar refractivity (Wildman–Crippen MR) is 92.6 cm³/mol. The van der Waals surface area contributed by atoms with Crippen LogP contribution in [-0.2, 0) is 0 Å². The van der Waals surface area contributed by atoms with Crippen LogP contribution >= 0.6 is 0 Å². The number of hydrogen-bond acceptors (Lipinski definition) is 5. The van der Waals surface area contributed by atoms with Crippen LogP contribution in [0.1, 0.15) is 6.92 Å². The van der Waals surface area contributed by atoms with Crippen molar-refractivity contribution in [3.8, 4) is 5.75 Å². The van der Waals surface area contributed by atoms with Crippen LogP contribution in [0.2, 0.25) is 0 Å². The molecular weight excluding hydrogens is 307 g/mol. The number of halogens is 1. The summed E-state index contributed by atoms with van der Waals surface area (Å²) in [5.41, 5.74) is 1.51. The first kappa shape index (κ1) is 15.7. The molecule has 0 aliphatic rings. The molecule has 0 unspecified atom stereocenters. The van der Waals surface area contributed by atoms with E-state index < -0.39 is 0 Å². The third kappa shape index (κ3) is 4.19. The lowest BCUT2D eigenvalue weighted by Crippen LogP contribution is -1.99. The van der Waals surface area contributed by atoms with Gasteiger partial charge in [0, 0.05) is 17.4 Å². The lowest BCUT2D eigenvalue weighted by Gasteiger charge is -2.09. The second kappa shape index (κ2) is 7.41. The van der Waals surface area contributed by atoms with Gasteiger partial charge in [-0.3, -0.25) is 0 Å². The number of ether oxygens (including phenoxy) is 1. The number of benzene rings is 2. The van der Waals surface area contributed by atoms with Crippen molar-refractivity contribution in [3.63, 3.8) is 0 Å². The lowest BCUT2D eigenvalue weighted by atomic mass is 10.3. The third-order valence-electron chi connectivity index (χ3n) is 3.20. The van der Waals surface area contributed by atoms with E-state index in [2.05, 4.69) is 20.6 Å². The van der Waals surface area contributed by atoms with Crippen LogP contribution in [0.3, 0.4) is 0 Å². The van der Waals surface area contributed by atoms with Gasteiger partial charge in [-0.2, -0.15) is 0 Å². The van der Waals surface area contributed by atoms with Gasteiger partial charge in [0.2, 0.25) is 0 Å². The Morgan fingerprint density at radius 2 is 1.62 bits per heavy atom. The molecule has 0 aliphatic carbocycles. The lowest BCUT2D eigenvalue weighted by molar-refractivity contribution is 0.340. The van der Waals surface area contributed by atoms with E-state index in [9.17, 15) is 4.39 Å². The summed E-state index contributed by atoms with van der Waals surface area (Å²) >= 11 is 0. The van der Waals surface area contributed by atoms with Gasteiger partial charge in [0.25, 0.3) is 0 Å². The van der Waals surface area contributed by atoms with Crippen molar-refractivity contribution in [2.75, 3.05) is 17.2 Å². The standard InChI is InChI=1S/C18H17FN4O/c1-2-24-16-8-6-14(7-9-16)22-17-11-18(21-12-20-17)23-15-5-3-4-13(19)10-15/h3-12H,2H2,1H3,(H2,20,21,22,23). The molecule has 24 heavy (non-hydrogen) atoms. The fourth-order valence-corrected chi connectivity index (χ4v) is 2.16. The minimum Gasteiger partial charge on any atom is -0.494 e. The topological polar surface area (TPSA) is 59.1 Å². The molecule has 2 aromatic carbocycles. The van der Waals surface area contributed by atoms with Crippen molar-refractivity contribution in [1.82, 2.24) is 9.97 Å². The van der Waals surface area contributed by atoms with Crippen LogP contribution in [0.4, 0.5) is 27.4 Å². The quantitative estimate of drug-likeness (QED) is 0.699. The van der Waals surface area contributed by atoms with E-state index >= 15 is 0 Å². The summed E-state index contributed by atoms with van der Waals surface area (Å²) in [6.45, 7) is 2.58. The summed E-state index contributed by atoms with van der Waals surface area (Å²) in [6, 6.07) is 15.5. The molecular formula is C18H17FN4O. The molecule has 3 rings (SSSR count). The first-order chi connectivity index (χ1) is 11.7. The smallest absolute Gasteiger partial charge is 0.135 e. The second-order valence-corrected chi connectivity index (χ2v) is 5.01. The molecule has 1 heterocycles. The Morgan fingerprint density at radius 3 is 2.29 bits per heavy atom. The maximum Gasteiger partial charge on any atom is 0.135 e. The second-order valence-electron chi connectivity index (χ2n) is 5.01. The van der Waals surface area contributed by atoms with E-state index in [1.807, 2.05) is 31.2 Å². The Labute approximate surface area is 139 Å². The Balaban J connectivity index is 1.70. The summed E-state index contributed by atoms with van der Waals surface area (Å²) in [5, 5.41) is 6.24. The largest absolute Gasteiger partial charge is 0.494 e. The molecule has 3 aromatic rings. The van der Waals surface area contributed by atoms with Crippen molar-refractivity contribution in [3.05, 3.63) is 66.7 Å². The molecule has 1 aromatic heterocycles. The molecule has 0 fully saturated rings. The Kier molecular flexibility index (Phi) is 4.86. The Morgan fingerprint density at radius 1 is 0.917 bits per heavy atom. The normalized spacial score (nSPS) is 10.2. The molecule has 0 amide bonds. The molecule has 0 atom stereocenters. The van der Waals surface area contributed by atoms with Crippen molar-refractivity contribution >= 4 is 23.0 Å². The van der Waals surface area contributed by atoms with E-state index in [0.717, 1.165) is 11.4 Å². The number of hydrogen-bond donors (Lipinski definition) is 2. The maximum atomic E-state index is 13.2. The molecule has 6 heteroatoms. The number of aromatic nitrogens is 2. The van der Waals surface area contributed by atoms with Gasteiger partial charge in [0.1, 0.15) is 29.5 Å². The van der Waals surface area contributed by atoms with Gasteiger partial charge in [-0.15, -0.1) is 0 Å². The summed E-state index contributed by atoms with van der Waals surface area (Å²) in [7, 11) is 0.